The van der Waals surface area contributed by atoms with Crippen LogP contribution in [0.4, 0.5) is 5.82 Å². The van der Waals surface area contributed by atoms with Crippen LogP contribution in [0.25, 0.3) is 0 Å². The molecule has 0 atom stereocenters. The molecule has 0 saturated heterocycles. The van der Waals surface area contributed by atoms with Gasteiger partial charge in [-0.3, -0.25) is 0 Å². The molecule has 92 valence electrons. The number of hydrogen-bond donors (Lipinski definition) is 2. The Hall–Kier alpha value is -1.65. The van der Waals surface area contributed by atoms with Gasteiger partial charge in [0.25, 0.3) is 0 Å². The molecule has 5 nitrogen and oxygen atoms in total. The van der Waals surface area contributed by atoms with E-state index in [9.17, 15) is 4.79 Å². The van der Waals surface area contributed by atoms with Gasteiger partial charge in [-0.25, -0.2) is 14.8 Å². The molecular weight excluding hydrogens is 218 g/mol. The first kappa shape index (κ1) is 11.8. The van der Waals surface area contributed by atoms with Crippen LogP contribution >= 0.6 is 0 Å². The Bertz CT molecular complexity index is 416. The first-order valence-electron chi connectivity index (χ1n) is 5.95. The second-order valence-electron chi connectivity index (χ2n) is 4.66. The number of hydrogen-bond acceptors (Lipinski definition) is 4. The summed E-state index contributed by atoms with van der Waals surface area (Å²) in [6.07, 6.45) is 7.69. The lowest BCUT2D eigenvalue weighted by Crippen LogP contribution is -2.18. The van der Waals surface area contributed by atoms with Crippen molar-refractivity contribution in [3.63, 3.8) is 0 Å². The van der Waals surface area contributed by atoms with Crippen molar-refractivity contribution < 1.29 is 9.90 Å². The number of carboxylic acid groups (broad SMARTS) is 1. The molecule has 1 saturated carbocycles. The molecule has 17 heavy (non-hydrogen) atoms. The Balaban J connectivity index is 2.02. The van der Waals surface area contributed by atoms with Crippen LogP contribution in [-0.4, -0.2) is 27.6 Å². The van der Waals surface area contributed by atoms with Crippen molar-refractivity contribution in [1.29, 1.82) is 0 Å². The maximum absolute atomic E-state index is 10.9. The molecule has 1 heterocycles. The zero-order chi connectivity index (χ0) is 12.3. The monoisotopic (exact) mass is 235 g/mol. The van der Waals surface area contributed by atoms with Gasteiger partial charge in [0.15, 0.2) is 11.5 Å². The molecule has 2 N–H and O–H groups in total. The van der Waals surface area contributed by atoms with Crippen LogP contribution in [0.2, 0.25) is 0 Å². The number of carbonyl (C=O) groups is 1. The molecule has 1 aliphatic rings. The van der Waals surface area contributed by atoms with Crippen molar-refractivity contribution in [2.75, 3.05) is 11.9 Å². The van der Waals surface area contributed by atoms with Crippen LogP contribution in [0, 0.1) is 5.41 Å². The number of carboxylic acids is 1. The number of aromatic carboxylic acids is 1. The lowest BCUT2D eigenvalue weighted by molar-refractivity contribution is 0.0691. The van der Waals surface area contributed by atoms with Gasteiger partial charge in [0.1, 0.15) is 0 Å². The number of anilines is 1. The lowest BCUT2D eigenvalue weighted by Gasteiger charge is -2.15. The molecule has 5 heteroatoms. The standard InChI is InChI=1S/C12H17N3O2/c1-2-3-12(4-5-12)8-15-10-9(11(16)17)13-6-7-14-10/h6-7H,2-5,8H2,1H3,(H,14,15)(H,16,17). The number of aromatic nitrogens is 2. The summed E-state index contributed by atoms with van der Waals surface area (Å²) in [7, 11) is 0. The van der Waals surface area contributed by atoms with Crippen LogP contribution < -0.4 is 5.32 Å². The van der Waals surface area contributed by atoms with Gasteiger partial charge in [-0.05, 0) is 24.7 Å². The molecule has 0 unspecified atom stereocenters. The molecule has 0 aliphatic heterocycles. The highest BCUT2D eigenvalue weighted by Gasteiger charge is 2.41. The van der Waals surface area contributed by atoms with Gasteiger partial charge < -0.3 is 10.4 Å². The van der Waals surface area contributed by atoms with E-state index >= 15 is 0 Å². The average Bonchev–Trinajstić information content (AvgIpc) is 3.08. The quantitative estimate of drug-likeness (QED) is 0.790. The minimum Gasteiger partial charge on any atom is -0.476 e. The highest BCUT2D eigenvalue weighted by Crippen LogP contribution is 2.49. The van der Waals surface area contributed by atoms with E-state index < -0.39 is 5.97 Å². The normalized spacial score (nSPS) is 16.5. The van der Waals surface area contributed by atoms with Gasteiger partial charge in [0, 0.05) is 18.9 Å². The molecule has 2 rings (SSSR count). The van der Waals surface area contributed by atoms with E-state index in [1.54, 1.807) is 0 Å². The summed E-state index contributed by atoms with van der Waals surface area (Å²) in [6, 6.07) is 0. The van der Waals surface area contributed by atoms with E-state index in [1.165, 1.54) is 31.7 Å². The molecule has 0 amide bonds. The van der Waals surface area contributed by atoms with Crippen LogP contribution in [0.5, 0.6) is 0 Å². The van der Waals surface area contributed by atoms with Crippen molar-refractivity contribution >= 4 is 11.8 Å². The third kappa shape index (κ3) is 2.72. The number of nitrogens with one attached hydrogen (secondary N) is 1. The van der Waals surface area contributed by atoms with Crippen LogP contribution in [0.3, 0.4) is 0 Å². The second kappa shape index (κ2) is 4.69. The number of nitrogens with zero attached hydrogens (tertiary/aromatic N) is 2. The molecule has 0 spiro atoms. The maximum atomic E-state index is 10.9. The average molecular weight is 235 g/mol. The van der Waals surface area contributed by atoms with Crippen LogP contribution in [-0.2, 0) is 0 Å². The van der Waals surface area contributed by atoms with E-state index in [4.69, 9.17) is 5.11 Å². The van der Waals surface area contributed by atoms with Crippen molar-refractivity contribution in [3.05, 3.63) is 18.1 Å². The first-order chi connectivity index (χ1) is 8.17. The fourth-order valence-electron chi connectivity index (χ4n) is 2.12. The molecule has 1 aromatic rings. The largest absolute Gasteiger partial charge is 0.476 e. The Morgan fingerprint density at radius 3 is 2.76 bits per heavy atom. The van der Waals surface area contributed by atoms with Gasteiger partial charge in [0.05, 0.1) is 0 Å². The summed E-state index contributed by atoms with van der Waals surface area (Å²) in [5, 5.41) is 12.1. The van der Waals surface area contributed by atoms with Gasteiger partial charge in [-0.2, -0.15) is 0 Å². The zero-order valence-electron chi connectivity index (χ0n) is 9.94. The zero-order valence-corrected chi connectivity index (χ0v) is 9.94. The molecule has 0 bridgehead atoms. The molecule has 0 aromatic carbocycles. The van der Waals surface area contributed by atoms with Crippen molar-refractivity contribution in [3.8, 4) is 0 Å². The number of rotatable bonds is 6. The Kier molecular flexibility index (Phi) is 3.26. The smallest absolute Gasteiger partial charge is 0.358 e. The van der Waals surface area contributed by atoms with E-state index in [-0.39, 0.29) is 5.69 Å². The maximum Gasteiger partial charge on any atom is 0.358 e. The SMILES string of the molecule is CCCC1(CNc2nccnc2C(=O)O)CC1. The molecule has 1 aromatic heterocycles. The molecule has 1 aliphatic carbocycles. The fourth-order valence-corrected chi connectivity index (χ4v) is 2.12. The summed E-state index contributed by atoms with van der Waals surface area (Å²) in [5.41, 5.74) is 0.363. The lowest BCUT2D eigenvalue weighted by atomic mass is 10.0. The summed E-state index contributed by atoms with van der Waals surface area (Å²) in [6.45, 7) is 2.96. The van der Waals surface area contributed by atoms with Gasteiger partial charge >= 0.3 is 5.97 Å². The van der Waals surface area contributed by atoms with Crippen molar-refractivity contribution in [2.45, 2.75) is 32.6 Å². The Morgan fingerprint density at radius 2 is 2.18 bits per heavy atom. The van der Waals surface area contributed by atoms with Crippen LogP contribution in [0.1, 0.15) is 43.1 Å². The van der Waals surface area contributed by atoms with Gasteiger partial charge in [0.2, 0.25) is 0 Å². The predicted octanol–water partition coefficient (Wildman–Crippen LogP) is 2.17. The minimum absolute atomic E-state index is 0.000187. The van der Waals surface area contributed by atoms with Gasteiger partial charge in [-0.15, -0.1) is 0 Å². The second-order valence-corrected chi connectivity index (χ2v) is 4.66. The topological polar surface area (TPSA) is 75.1 Å². The van der Waals surface area contributed by atoms with E-state index in [1.807, 2.05) is 0 Å². The highest BCUT2D eigenvalue weighted by molar-refractivity contribution is 5.90. The highest BCUT2D eigenvalue weighted by atomic mass is 16.4. The van der Waals surface area contributed by atoms with E-state index in [0.29, 0.717) is 11.2 Å². The Labute approximate surface area is 100 Å². The van der Waals surface area contributed by atoms with Gasteiger partial charge in [-0.1, -0.05) is 13.3 Å². The summed E-state index contributed by atoms with van der Waals surface area (Å²) < 4.78 is 0. The van der Waals surface area contributed by atoms with Crippen LogP contribution in [0.15, 0.2) is 12.4 Å². The summed E-state index contributed by atoms with van der Waals surface area (Å²) in [5.74, 6) is -0.664. The summed E-state index contributed by atoms with van der Waals surface area (Å²) >= 11 is 0. The van der Waals surface area contributed by atoms with Crippen molar-refractivity contribution in [1.82, 2.24) is 9.97 Å². The first-order valence-corrected chi connectivity index (χ1v) is 5.95. The Morgan fingerprint density at radius 1 is 1.47 bits per heavy atom. The molecule has 1 fully saturated rings. The summed E-state index contributed by atoms with van der Waals surface area (Å²) in [4.78, 5) is 18.8. The van der Waals surface area contributed by atoms with E-state index in [2.05, 4.69) is 22.2 Å². The minimum atomic E-state index is -1.04. The third-order valence-corrected chi connectivity index (χ3v) is 3.27. The molecular formula is C12H17N3O2. The fraction of sp³-hybridized carbons (Fsp3) is 0.583. The van der Waals surface area contributed by atoms with Crippen molar-refractivity contribution in [2.24, 2.45) is 5.41 Å². The predicted molar refractivity (Wildman–Crippen MR) is 64.1 cm³/mol. The third-order valence-electron chi connectivity index (χ3n) is 3.27. The van der Waals surface area contributed by atoms with E-state index in [0.717, 1.165) is 13.0 Å². The molecule has 0 radical (unpaired) electrons.